The maximum Gasteiger partial charge on any atom is 0.242 e. The molecule has 0 bridgehead atoms. The van der Waals surface area contributed by atoms with Gasteiger partial charge in [-0.1, -0.05) is 36.4 Å². The SMILES string of the molecule is CC(=O)Nc1ccc(NC(=O)C(Sc2cccc(NC(=O)C3CC3)c2)c2ccccc2)cc1. The van der Waals surface area contributed by atoms with E-state index in [4.69, 9.17) is 0 Å². The van der Waals surface area contributed by atoms with Gasteiger partial charge in [-0.15, -0.1) is 11.8 Å². The van der Waals surface area contributed by atoms with Gasteiger partial charge >= 0.3 is 0 Å². The lowest BCUT2D eigenvalue weighted by atomic mass is 10.1. The Kier molecular flexibility index (Phi) is 7.10. The van der Waals surface area contributed by atoms with Gasteiger partial charge in [-0.3, -0.25) is 14.4 Å². The lowest BCUT2D eigenvalue weighted by Gasteiger charge is -2.18. The van der Waals surface area contributed by atoms with Crippen molar-refractivity contribution < 1.29 is 14.4 Å². The van der Waals surface area contributed by atoms with E-state index >= 15 is 0 Å². The van der Waals surface area contributed by atoms with E-state index in [0.717, 1.165) is 29.0 Å². The third-order valence-electron chi connectivity index (χ3n) is 5.12. The topological polar surface area (TPSA) is 87.3 Å². The van der Waals surface area contributed by atoms with Crippen molar-refractivity contribution in [2.75, 3.05) is 16.0 Å². The molecule has 0 aliphatic heterocycles. The number of benzene rings is 3. The Bertz CT molecular complexity index is 1140. The van der Waals surface area contributed by atoms with Gasteiger partial charge in [-0.05, 0) is 60.9 Å². The molecule has 3 amide bonds. The van der Waals surface area contributed by atoms with Crippen molar-refractivity contribution in [1.29, 1.82) is 0 Å². The first kappa shape index (κ1) is 22.6. The Balaban J connectivity index is 1.50. The van der Waals surface area contributed by atoms with Crippen molar-refractivity contribution in [3.8, 4) is 0 Å². The fraction of sp³-hybridized carbons (Fsp3) is 0.192. The summed E-state index contributed by atoms with van der Waals surface area (Å²) in [7, 11) is 0. The van der Waals surface area contributed by atoms with Crippen LogP contribution in [0.3, 0.4) is 0 Å². The second-order valence-corrected chi connectivity index (χ2v) is 9.13. The number of hydrogen-bond donors (Lipinski definition) is 3. The predicted molar refractivity (Wildman–Crippen MR) is 132 cm³/mol. The Labute approximate surface area is 197 Å². The third kappa shape index (κ3) is 6.46. The van der Waals surface area contributed by atoms with Crippen LogP contribution in [0, 0.1) is 5.92 Å². The van der Waals surface area contributed by atoms with Crippen LogP contribution in [0.15, 0.2) is 83.8 Å². The average Bonchev–Trinajstić information content (AvgIpc) is 3.65. The van der Waals surface area contributed by atoms with Crippen LogP contribution in [0.1, 0.15) is 30.6 Å². The minimum atomic E-state index is -0.490. The van der Waals surface area contributed by atoms with Gasteiger partial charge in [0.15, 0.2) is 0 Å². The minimum Gasteiger partial charge on any atom is -0.326 e. The van der Waals surface area contributed by atoms with Gasteiger partial charge in [-0.25, -0.2) is 0 Å². The van der Waals surface area contributed by atoms with E-state index in [1.165, 1.54) is 18.7 Å². The fourth-order valence-electron chi connectivity index (χ4n) is 3.32. The van der Waals surface area contributed by atoms with Crippen molar-refractivity contribution in [2.24, 2.45) is 5.92 Å². The summed E-state index contributed by atoms with van der Waals surface area (Å²) >= 11 is 1.43. The van der Waals surface area contributed by atoms with Gasteiger partial charge in [0.1, 0.15) is 5.25 Å². The number of hydrogen-bond acceptors (Lipinski definition) is 4. The van der Waals surface area contributed by atoms with Crippen molar-refractivity contribution in [1.82, 2.24) is 0 Å². The Morgan fingerprint density at radius 3 is 2.09 bits per heavy atom. The van der Waals surface area contributed by atoms with Gasteiger partial charge < -0.3 is 16.0 Å². The molecular formula is C26H25N3O3S. The molecule has 1 aliphatic rings. The summed E-state index contributed by atoms with van der Waals surface area (Å²) < 4.78 is 0. The average molecular weight is 460 g/mol. The molecule has 1 atom stereocenters. The Morgan fingerprint density at radius 1 is 0.788 bits per heavy atom. The van der Waals surface area contributed by atoms with Gasteiger partial charge in [0.05, 0.1) is 0 Å². The summed E-state index contributed by atoms with van der Waals surface area (Å²) in [6.45, 7) is 1.45. The fourth-order valence-corrected chi connectivity index (χ4v) is 4.41. The number of rotatable bonds is 8. The molecule has 0 radical (unpaired) electrons. The highest BCUT2D eigenvalue weighted by Gasteiger charge is 2.29. The monoisotopic (exact) mass is 459 g/mol. The quantitative estimate of drug-likeness (QED) is 0.390. The first-order chi connectivity index (χ1) is 16.0. The summed E-state index contributed by atoms with van der Waals surface area (Å²) in [4.78, 5) is 37.5. The molecule has 4 rings (SSSR count). The largest absolute Gasteiger partial charge is 0.326 e. The molecule has 1 fully saturated rings. The molecule has 0 spiro atoms. The molecule has 168 valence electrons. The first-order valence-electron chi connectivity index (χ1n) is 10.8. The van der Waals surface area contributed by atoms with Crippen LogP contribution >= 0.6 is 11.8 Å². The number of carbonyl (C=O) groups is 3. The maximum absolute atomic E-state index is 13.3. The molecule has 33 heavy (non-hydrogen) atoms. The standard InChI is InChI=1S/C26H25N3O3S/c1-17(30)27-20-12-14-21(15-13-20)28-26(32)24(18-6-3-2-4-7-18)33-23-9-5-8-22(16-23)29-25(31)19-10-11-19/h2-9,12-16,19,24H,10-11H2,1H3,(H,27,30)(H,28,32)(H,29,31). The molecule has 3 N–H and O–H groups in total. The zero-order valence-corrected chi connectivity index (χ0v) is 19.0. The van der Waals surface area contributed by atoms with Crippen LogP contribution in [0.2, 0.25) is 0 Å². The summed E-state index contributed by atoms with van der Waals surface area (Å²) in [5, 5.41) is 8.15. The molecule has 0 aromatic heterocycles. The second-order valence-electron chi connectivity index (χ2n) is 7.95. The van der Waals surface area contributed by atoms with E-state index in [0.29, 0.717) is 11.4 Å². The summed E-state index contributed by atoms with van der Waals surface area (Å²) in [6.07, 6.45) is 1.89. The zero-order chi connectivity index (χ0) is 23.2. The lowest BCUT2D eigenvalue weighted by molar-refractivity contribution is -0.117. The van der Waals surface area contributed by atoms with Crippen molar-refractivity contribution in [3.05, 3.63) is 84.4 Å². The molecule has 3 aromatic carbocycles. The van der Waals surface area contributed by atoms with Gasteiger partial charge in [-0.2, -0.15) is 0 Å². The Morgan fingerprint density at radius 2 is 1.45 bits per heavy atom. The van der Waals surface area contributed by atoms with E-state index in [-0.39, 0.29) is 23.6 Å². The van der Waals surface area contributed by atoms with Gasteiger partial charge in [0.2, 0.25) is 17.7 Å². The maximum atomic E-state index is 13.3. The second kappa shape index (κ2) is 10.4. The van der Waals surface area contributed by atoms with E-state index < -0.39 is 5.25 Å². The van der Waals surface area contributed by atoms with Crippen LogP contribution in [-0.2, 0) is 14.4 Å². The van der Waals surface area contributed by atoms with Gasteiger partial charge in [0.25, 0.3) is 0 Å². The first-order valence-corrected chi connectivity index (χ1v) is 11.7. The molecule has 6 nitrogen and oxygen atoms in total. The van der Waals surface area contributed by atoms with E-state index in [1.807, 2.05) is 54.6 Å². The highest BCUT2D eigenvalue weighted by atomic mass is 32.2. The van der Waals surface area contributed by atoms with Crippen LogP contribution in [0.25, 0.3) is 0 Å². The molecule has 3 aromatic rings. The van der Waals surface area contributed by atoms with Crippen LogP contribution < -0.4 is 16.0 Å². The normalized spacial score (nSPS) is 13.6. The van der Waals surface area contributed by atoms with E-state index in [9.17, 15) is 14.4 Å². The van der Waals surface area contributed by atoms with E-state index in [2.05, 4.69) is 16.0 Å². The minimum absolute atomic E-state index is 0.0530. The van der Waals surface area contributed by atoms with Gasteiger partial charge in [0, 0.05) is 34.8 Å². The molecular weight excluding hydrogens is 434 g/mol. The van der Waals surface area contributed by atoms with Crippen LogP contribution in [0.4, 0.5) is 17.1 Å². The smallest absolute Gasteiger partial charge is 0.242 e. The number of thioether (sulfide) groups is 1. The zero-order valence-electron chi connectivity index (χ0n) is 18.2. The number of carbonyl (C=O) groups excluding carboxylic acids is 3. The molecule has 1 saturated carbocycles. The lowest BCUT2D eigenvalue weighted by Crippen LogP contribution is -2.19. The van der Waals surface area contributed by atoms with Crippen LogP contribution in [-0.4, -0.2) is 17.7 Å². The molecule has 0 heterocycles. The molecule has 1 aliphatic carbocycles. The summed E-state index contributed by atoms with van der Waals surface area (Å²) in [6, 6.07) is 24.2. The van der Waals surface area contributed by atoms with E-state index in [1.54, 1.807) is 24.3 Å². The molecule has 1 unspecified atom stereocenters. The predicted octanol–water partition coefficient (Wildman–Crippen LogP) is 5.47. The van der Waals surface area contributed by atoms with Crippen molar-refractivity contribution in [3.63, 3.8) is 0 Å². The van der Waals surface area contributed by atoms with Crippen LogP contribution in [0.5, 0.6) is 0 Å². The number of amides is 3. The summed E-state index contributed by atoms with van der Waals surface area (Å²) in [5.74, 6) is -0.132. The Hall–Kier alpha value is -3.58. The van der Waals surface area contributed by atoms with Crippen molar-refractivity contribution >= 4 is 46.5 Å². The summed E-state index contributed by atoms with van der Waals surface area (Å²) in [5.41, 5.74) is 2.92. The molecule has 7 heteroatoms. The number of nitrogens with one attached hydrogen (secondary N) is 3. The third-order valence-corrected chi connectivity index (χ3v) is 6.36. The van der Waals surface area contributed by atoms with Crippen molar-refractivity contribution in [2.45, 2.75) is 29.9 Å². The molecule has 0 saturated heterocycles. The highest BCUT2D eigenvalue weighted by Crippen LogP contribution is 2.37. The number of anilines is 3. The highest BCUT2D eigenvalue weighted by molar-refractivity contribution is 8.00.